The highest BCUT2D eigenvalue weighted by molar-refractivity contribution is 7.47. The van der Waals surface area contributed by atoms with Crippen LogP contribution in [0.1, 0.15) is 110 Å². The van der Waals surface area contributed by atoms with Crippen LogP contribution in [0.15, 0.2) is 0 Å². The summed E-state index contributed by atoms with van der Waals surface area (Å²) in [5, 5.41) is 9.61. The lowest BCUT2D eigenvalue weighted by atomic mass is 10.0. The maximum atomic E-state index is 11.1. The van der Waals surface area contributed by atoms with E-state index >= 15 is 0 Å². The average Bonchev–Trinajstić information content (AvgIpc) is 2.71. The predicted octanol–water partition coefficient (Wildman–Crippen LogP) is 6.39. The van der Waals surface area contributed by atoms with E-state index in [4.69, 9.17) is 9.63 Å². The minimum atomic E-state index is -4.02. The topological polar surface area (TPSA) is 85.2 Å². The predicted molar refractivity (Wildman–Crippen MR) is 119 cm³/mol. The molecule has 0 aliphatic carbocycles. The minimum absolute atomic E-state index is 0.0997. The molecule has 29 heavy (non-hydrogen) atoms. The summed E-state index contributed by atoms with van der Waals surface area (Å²) in [7, 11) is -2.94. The van der Waals surface area contributed by atoms with Crippen molar-refractivity contribution in [1.29, 1.82) is 0 Å². The smallest absolute Gasteiger partial charge is 0.388 e. The highest BCUT2D eigenvalue weighted by Gasteiger charge is 2.20. The number of ether oxygens (including phenoxy) is 1. The van der Waals surface area contributed by atoms with Crippen LogP contribution in [0, 0.1) is 0 Å². The van der Waals surface area contributed by atoms with Gasteiger partial charge in [0.15, 0.2) is 0 Å². The SMILES string of the molecule is CCCCCCCCCCCCCCCCCCOC[C@@H](O)COP(=O)(O)OC. The van der Waals surface area contributed by atoms with Crippen molar-refractivity contribution >= 4 is 7.82 Å². The first-order valence-electron chi connectivity index (χ1n) is 11.8. The average molecular weight is 439 g/mol. The van der Waals surface area contributed by atoms with Gasteiger partial charge >= 0.3 is 7.82 Å². The van der Waals surface area contributed by atoms with Gasteiger partial charge in [0.2, 0.25) is 0 Å². The summed E-state index contributed by atoms with van der Waals surface area (Å²) in [4.78, 5) is 9.06. The van der Waals surface area contributed by atoms with Gasteiger partial charge in [-0.05, 0) is 6.42 Å². The standard InChI is InChI=1S/C22H47O6P/c1-3-4-5-6-7-8-9-10-11-12-13-14-15-16-17-18-19-27-20-22(23)21-28-29(24,25)26-2/h22-23H,3-21H2,1-2H3,(H,24,25)/t22-/m1/s1. The third-order valence-electron chi connectivity index (χ3n) is 5.11. The largest absolute Gasteiger partial charge is 0.472 e. The van der Waals surface area contributed by atoms with Gasteiger partial charge in [-0.1, -0.05) is 103 Å². The number of phosphoric ester groups is 1. The normalized spacial score (nSPS) is 14.8. The molecule has 0 bridgehead atoms. The Kier molecular flexibility index (Phi) is 21.3. The van der Waals surface area contributed by atoms with E-state index < -0.39 is 13.9 Å². The van der Waals surface area contributed by atoms with Crippen molar-refractivity contribution in [3.05, 3.63) is 0 Å². The number of unbranched alkanes of at least 4 members (excludes halogenated alkanes) is 15. The van der Waals surface area contributed by atoms with Crippen molar-refractivity contribution in [3.8, 4) is 0 Å². The Morgan fingerprint density at radius 1 is 0.724 bits per heavy atom. The van der Waals surface area contributed by atoms with Crippen molar-refractivity contribution in [2.24, 2.45) is 0 Å². The molecular weight excluding hydrogens is 391 g/mol. The van der Waals surface area contributed by atoms with Crippen molar-refractivity contribution in [2.75, 3.05) is 26.9 Å². The van der Waals surface area contributed by atoms with E-state index in [1.807, 2.05) is 0 Å². The molecule has 0 aliphatic heterocycles. The highest BCUT2D eigenvalue weighted by atomic mass is 31.2. The first kappa shape index (κ1) is 29.0. The summed E-state index contributed by atoms with van der Waals surface area (Å²) in [5.74, 6) is 0. The Hall–Kier alpha value is 0.0300. The molecule has 0 aromatic rings. The number of phosphoric acid groups is 1. The van der Waals surface area contributed by atoms with Gasteiger partial charge in [-0.25, -0.2) is 4.57 Å². The van der Waals surface area contributed by atoms with Crippen LogP contribution in [0.4, 0.5) is 0 Å². The van der Waals surface area contributed by atoms with Crippen LogP contribution in [0.5, 0.6) is 0 Å². The zero-order chi connectivity index (χ0) is 21.6. The fourth-order valence-electron chi connectivity index (χ4n) is 3.25. The van der Waals surface area contributed by atoms with E-state index in [9.17, 15) is 9.67 Å². The van der Waals surface area contributed by atoms with Crippen LogP contribution in [0.3, 0.4) is 0 Å². The van der Waals surface area contributed by atoms with Gasteiger partial charge in [-0.15, -0.1) is 0 Å². The van der Waals surface area contributed by atoms with Crippen LogP contribution in [0.25, 0.3) is 0 Å². The van der Waals surface area contributed by atoms with Crippen LogP contribution in [-0.4, -0.2) is 43.0 Å². The van der Waals surface area contributed by atoms with E-state index in [2.05, 4.69) is 16.0 Å². The van der Waals surface area contributed by atoms with Gasteiger partial charge in [0.05, 0.1) is 13.2 Å². The zero-order valence-corrected chi connectivity index (χ0v) is 19.9. The van der Waals surface area contributed by atoms with Crippen LogP contribution >= 0.6 is 7.82 Å². The molecule has 0 spiro atoms. The van der Waals surface area contributed by atoms with E-state index in [1.54, 1.807) is 0 Å². The summed E-state index contributed by atoms with van der Waals surface area (Å²) in [6.45, 7) is 2.69. The molecule has 2 atom stereocenters. The Balaban J connectivity index is 3.18. The molecule has 0 fully saturated rings. The molecule has 7 heteroatoms. The number of rotatable bonds is 23. The van der Waals surface area contributed by atoms with Crippen molar-refractivity contribution in [3.63, 3.8) is 0 Å². The summed E-state index contributed by atoms with van der Waals surface area (Å²) >= 11 is 0. The van der Waals surface area contributed by atoms with Crippen LogP contribution < -0.4 is 0 Å². The van der Waals surface area contributed by atoms with E-state index in [0.717, 1.165) is 20.0 Å². The lowest BCUT2D eigenvalue weighted by Crippen LogP contribution is -2.21. The molecule has 0 heterocycles. The number of hydrogen-bond acceptors (Lipinski definition) is 5. The minimum Gasteiger partial charge on any atom is -0.388 e. The molecule has 0 amide bonds. The lowest BCUT2D eigenvalue weighted by Gasteiger charge is -2.13. The van der Waals surface area contributed by atoms with Gasteiger partial charge < -0.3 is 14.7 Å². The Morgan fingerprint density at radius 3 is 1.55 bits per heavy atom. The van der Waals surface area contributed by atoms with Crippen LogP contribution in [-0.2, 0) is 18.3 Å². The second kappa shape index (κ2) is 21.3. The molecule has 0 aromatic heterocycles. The third-order valence-corrected chi connectivity index (χ3v) is 6.05. The van der Waals surface area contributed by atoms with Crippen molar-refractivity contribution < 1.29 is 28.3 Å². The number of aliphatic hydroxyl groups is 1. The summed E-state index contributed by atoms with van der Waals surface area (Å²) in [6, 6.07) is 0. The lowest BCUT2D eigenvalue weighted by molar-refractivity contribution is 0.00348. The van der Waals surface area contributed by atoms with Crippen molar-refractivity contribution in [1.82, 2.24) is 0 Å². The van der Waals surface area contributed by atoms with Gasteiger partial charge in [0.25, 0.3) is 0 Å². The molecule has 0 rings (SSSR count). The zero-order valence-electron chi connectivity index (χ0n) is 19.0. The summed E-state index contributed by atoms with van der Waals surface area (Å²) < 4.78 is 25.3. The molecule has 1 unspecified atom stereocenters. The maximum Gasteiger partial charge on any atom is 0.472 e. The van der Waals surface area contributed by atoms with E-state index in [1.165, 1.54) is 89.9 Å². The number of aliphatic hydroxyl groups excluding tert-OH is 1. The Labute approximate surface area is 179 Å². The monoisotopic (exact) mass is 438 g/mol. The van der Waals surface area contributed by atoms with Crippen molar-refractivity contribution in [2.45, 2.75) is 116 Å². The number of hydrogen-bond donors (Lipinski definition) is 2. The fourth-order valence-corrected chi connectivity index (χ4v) is 3.72. The van der Waals surface area contributed by atoms with Gasteiger partial charge in [-0.3, -0.25) is 9.05 Å². The molecule has 0 aromatic carbocycles. The second-order valence-electron chi connectivity index (χ2n) is 7.98. The third kappa shape index (κ3) is 22.5. The van der Waals surface area contributed by atoms with E-state index in [-0.39, 0.29) is 13.2 Å². The van der Waals surface area contributed by atoms with Gasteiger partial charge in [0.1, 0.15) is 6.10 Å². The molecule has 176 valence electrons. The molecule has 0 aliphatic rings. The highest BCUT2D eigenvalue weighted by Crippen LogP contribution is 2.41. The summed E-state index contributed by atoms with van der Waals surface area (Å²) in [6.07, 6.45) is 20.4. The quantitative estimate of drug-likeness (QED) is 0.142. The molecule has 0 radical (unpaired) electrons. The molecule has 0 saturated heterocycles. The second-order valence-corrected chi connectivity index (χ2v) is 9.54. The Morgan fingerprint density at radius 2 is 1.14 bits per heavy atom. The molecule has 2 N–H and O–H groups in total. The first-order valence-corrected chi connectivity index (χ1v) is 13.3. The molecule has 0 saturated carbocycles. The maximum absolute atomic E-state index is 11.1. The van der Waals surface area contributed by atoms with Gasteiger partial charge in [-0.2, -0.15) is 0 Å². The first-order chi connectivity index (χ1) is 14.0. The van der Waals surface area contributed by atoms with Crippen LogP contribution in [0.2, 0.25) is 0 Å². The molecular formula is C22H47O6P. The van der Waals surface area contributed by atoms with E-state index in [0.29, 0.717) is 6.61 Å². The van der Waals surface area contributed by atoms with Gasteiger partial charge in [0, 0.05) is 13.7 Å². The summed E-state index contributed by atoms with van der Waals surface area (Å²) in [5.41, 5.74) is 0. The fraction of sp³-hybridized carbons (Fsp3) is 1.00. The Bertz CT molecular complexity index is 380. The molecule has 6 nitrogen and oxygen atoms in total.